The first-order chi connectivity index (χ1) is 12.2. The van der Waals surface area contributed by atoms with Crippen LogP contribution < -0.4 is 10.2 Å². The monoisotopic (exact) mass is 374 g/mol. The molecule has 0 unspecified atom stereocenters. The summed E-state index contributed by atoms with van der Waals surface area (Å²) in [6.07, 6.45) is 1.21. The molecule has 1 N–H and O–H groups in total. The zero-order valence-corrected chi connectivity index (χ0v) is 15.3. The van der Waals surface area contributed by atoms with Crippen LogP contribution in [0.1, 0.15) is 23.2 Å². The summed E-state index contributed by atoms with van der Waals surface area (Å²) in [5.41, 5.74) is 1.39. The van der Waals surface area contributed by atoms with Crippen molar-refractivity contribution in [2.75, 3.05) is 23.7 Å². The number of hydrogen-bond donors (Lipinski definition) is 1. The largest absolute Gasteiger partial charge is 0.351 e. The number of amides is 2. The molecule has 4 nitrogen and oxygen atoms in total. The standard InChI is InChI=1S/C19H19ClN2O2S/c20-15-7-2-1-6-14(15)19(24)21-11-10-18(23)22-12-5-13-25-17-9-4-3-8-16(17)22/h1-4,6-9H,5,10-13H2,(H,21,24). The number of rotatable bonds is 4. The Bertz CT molecular complexity index is 782. The minimum atomic E-state index is -0.259. The highest BCUT2D eigenvalue weighted by molar-refractivity contribution is 7.99. The lowest BCUT2D eigenvalue weighted by atomic mass is 10.2. The second-order valence-electron chi connectivity index (χ2n) is 5.70. The summed E-state index contributed by atoms with van der Waals surface area (Å²) in [4.78, 5) is 27.8. The van der Waals surface area contributed by atoms with E-state index in [0.717, 1.165) is 22.8 Å². The first kappa shape index (κ1) is 17.8. The zero-order valence-electron chi connectivity index (χ0n) is 13.7. The van der Waals surface area contributed by atoms with E-state index in [4.69, 9.17) is 11.6 Å². The van der Waals surface area contributed by atoms with Gasteiger partial charge in [0.2, 0.25) is 5.91 Å². The first-order valence-corrected chi connectivity index (χ1v) is 9.58. The molecular weight excluding hydrogens is 356 g/mol. The highest BCUT2D eigenvalue weighted by Gasteiger charge is 2.21. The van der Waals surface area contributed by atoms with Gasteiger partial charge in [-0.15, -0.1) is 11.8 Å². The van der Waals surface area contributed by atoms with Gasteiger partial charge in [0.25, 0.3) is 5.91 Å². The molecule has 0 aliphatic carbocycles. The van der Waals surface area contributed by atoms with Crippen LogP contribution in [0.2, 0.25) is 5.02 Å². The van der Waals surface area contributed by atoms with Gasteiger partial charge in [-0.3, -0.25) is 9.59 Å². The number of hydrogen-bond acceptors (Lipinski definition) is 3. The van der Waals surface area contributed by atoms with Crippen LogP contribution in [0.5, 0.6) is 0 Å². The van der Waals surface area contributed by atoms with Crippen molar-refractivity contribution in [1.82, 2.24) is 5.32 Å². The van der Waals surface area contributed by atoms with Gasteiger partial charge in [-0.2, -0.15) is 0 Å². The van der Waals surface area contributed by atoms with E-state index < -0.39 is 0 Å². The van der Waals surface area contributed by atoms with Crippen LogP contribution in [0, 0.1) is 0 Å². The summed E-state index contributed by atoms with van der Waals surface area (Å²) < 4.78 is 0. The van der Waals surface area contributed by atoms with Crippen LogP contribution in [0.4, 0.5) is 5.69 Å². The van der Waals surface area contributed by atoms with Crippen LogP contribution in [-0.2, 0) is 4.79 Å². The highest BCUT2D eigenvalue weighted by atomic mass is 35.5. The van der Waals surface area contributed by atoms with E-state index in [1.807, 2.05) is 29.2 Å². The molecule has 130 valence electrons. The molecule has 0 saturated heterocycles. The molecule has 1 aliphatic rings. The molecule has 6 heteroatoms. The third-order valence-corrected chi connectivity index (χ3v) is 5.46. The summed E-state index contributed by atoms with van der Waals surface area (Å²) in [6.45, 7) is 0.996. The number of anilines is 1. The predicted octanol–water partition coefficient (Wildman–Crippen LogP) is 3.99. The van der Waals surface area contributed by atoms with Crippen molar-refractivity contribution in [2.24, 2.45) is 0 Å². The molecule has 2 aromatic rings. The SMILES string of the molecule is O=C(NCCC(=O)N1CCCSc2ccccc21)c1ccccc1Cl. The Kier molecular flexibility index (Phi) is 6.00. The van der Waals surface area contributed by atoms with E-state index in [9.17, 15) is 9.59 Å². The van der Waals surface area contributed by atoms with Gasteiger partial charge in [0, 0.05) is 24.4 Å². The fraction of sp³-hybridized carbons (Fsp3) is 0.263. The highest BCUT2D eigenvalue weighted by Crippen LogP contribution is 2.33. The maximum absolute atomic E-state index is 12.6. The lowest BCUT2D eigenvalue weighted by Gasteiger charge is -2.22. The van der Waals surface area contributed by atoms with Crippen molar-refractivity contribution in [3.8, 4) is 0 Å². The summed E-state index contributed by atoms with van der Waals surface area (Å²) in [5.74, 6) is 0.768. The smallest absolute Gasteiger partial charge is 0.252 e. The molecular formula is C19H19ClN2O2S. The molecule has 0 atom stereocenters. The Morgan fingerprint density at radius 2 is 1.88 bits per heavy atom. The van der Waals surface area contributed by atoms with E-state index >= 15 is 0 Å². The first-order valence-electron chi connectivity index (χ1n) is 8.22. The molecule has 0 bridgehead atoms. The second kappa shape index (κ2) is 8.41. The molecule has 0 spiro atoms. The number of nitrogens with zero attached hydrogens (tertiary/aromatic N) is 1. The Balaban J connectivity index is 1.60. The minimum Gasteiger partial charge on any atom is -0.351 e. The Labute approximate surface area is 156 Å². The number of carbonyl (C=O) groups excluding carboxylic acids is 2. The summed E-state index contributed by atoms with van der Waals surface area (Å²) in [6, 6.07) is 14.8. The van der Waals surface area contributed by atoms with Crippen LogP contribution in [0.15, 0.2) is 53.4 Å². The van der Waals surface area contributed by atoms with Gasteiger partial charge in [0.1, 0.15) is 0 Å². The average molecular weight is 375 g/mol. The van der Waals surface area contributed by atoms with E-state index in [1.165, 1.54) is 0 Å². The molecule has 2 aromatic carbocycles. The van der Waals surface area contributed by atoms with Gasteiger partial charge in [-0.1, -0.05) is 35.9 Å². The van der Waals surface area contributed by atoms with Crippen molar-refractivity contribution in [1.29, 1.82) is 0 Å². The number of para-hydroxylation sites is 1. The molecule has 2 amide bonds. The van der Waals surface area contributed by atoms with Crippen LogP contribution in [-0.4, -0.2) is 30.7 Å². The molecule has 25 heavy (non-hydrogen) atoms. The number of thioether (sulfide) groups is 1. The summed E-state index contributed by atoms with van der Waals surface area (Å²) in [7, 11) is 0. The van der Waals surface area contributed by atoms with Crippen molar-refractivity contribution in [2.45, 2.75) is 17.7 Å². The van der Waals surface area contributed by atoms with Gasteiger partial charge in [-0.05, 0) is 36.4 Å². The van der Waals surface area contributed by atoms with E-state index in [-0.39, 0.29) is 24.8 Å². The Morgan fingerprint density at radius 3 is 2.72 bits per heavy atom. The van der Waals surface area contributed by atoms with E-state index in [2.05, 4.69) is 5.32 Å². The maximum atomic E-state index is 12.6. The normalized spacial score (nSPS) is 13.7. The lowest BCUT2D eigenvalue weighted by Crippen LogP contribution is -2.35. The van der Waals surface area contributed by atoms with Gasteiger partial charge < -0.3 is 10.2 Å². The number of benzene rings is 2. The van der Waals surface area contributed by atoms with Crippen LogP contribution in [0.25, 0.3) is 0 Å². The minimum absolute atomic E-state index is 0.0226. The Morgan fingerprint density at radius 1 is 1.12 bits per heavy atom. The third-order valence-electron chi connectivity index (χ3n) is 3.98. The van der Waals surface area contributed by atoms with E-state index in [0.29, 0.717) is 17.1 Å². The third kappa shape index (κ3) is 4.35. The summed E-state index contributed by atoms with van der Waals surface area (Å²) >= 11 is 7.80. The summed E-state index contributed by atoms with van der Waals surface area (Å²) in [5, 5.41) is 3.18. The fourth-order valence-corrected chi connectivity index (χ4v) is 3.96. The molecule has 1 heterocycles. The van der Waals surface area contributed by atoms with Gasteiger partial charge in [0.05, 0.1) is 16.3 Å². The number of halogens is 1. The molecule has 0 fully saturated rings. The molecule has 1 aliphatic heterocycles. The average Bonchev–Trinajstić information content (AvgIpc) is 2.84. The molecule has 3 rings (SSSR count). The predicted molar refractivity (Wildman–Crippen MR) is 103 cm³/mol. The molecule has 0 radical (unpaired) electrons. The molecule has 0 aromatic heterocycles. The number of nitrogens with one attached hydrogen (secondary N) is 1. The van der Waals surface area contributed by atoms with Crippen molar-refractivity contribution >= 4 is 40.9 Å². The lowest BCUT2D eigenvalue weighted by molar-refractivity contribution is -0.118. The van der Waals surface area contributed by atoms with Gasteiger partial charge >= 0.3 is 0 Å². The van der Waals surface area contributed by atoms with Crippen molar-refractivity contribution in [3.63, 3.8) is 0 Å². The van der Waals surface area contributed by atoms with Gasteiger partial charge in [0.15, 0.2) is 0 Å². The number of carbonyl (C=O) groups is 2. The number of fused-ring (bicyclic) bond motifs is 1. The Hall–Kier alpha value is -1.98. The van der Waals surface area contributed by atoms with Crippen molar-refractivity contribution in [3.05, 3.63) is 59.1 Å². The van der Waals surface area contributed by atoms with Crippen LogP contribution in [0.3, 0.4) is 0 Å². The van der Waals surface area contributed by atoms with Gasteiger partial charge in [-0.25, -0.2) is 0 Å². The van der Waals surface area contributed by atoms with Crippen LogP contribution >= 0.6 is 23.4 Å². The quantitative estimate of drug-likeness (QED) is 0.880. The van der Waals surface area contributed by atoms with E-state index in [1.54, 1.807) is 36.0 Å². The fourth-order valence-electron chi connectivity index (χ4n) is 2.74. The van der Waals surface area contributed by atoms with Crippen molar-refractivity contribution < 1.29 is 9.59 Å². The topological polar surface area (TPSA) is 49.4 Å². The second-order valence-corrected chi connectivity index (χ2v) is 7.24. The molecule has 0 saturated carbocycles. The zero-order chi connectivity index (χ0) is 17.6. The maximum Gasteiger partial charge on any atom is 0.252 e.